The molecule has 0 aliphatic carbocycles. The van der Waals surface area contributed by atoms with Gasteiger partial charge in [-0.25, -0.2) is 0 Å². The molecule has 1 heterocycles. The van der Waals surface area contributed by atoms with E-state index in [0.717, 1.165) is 22.5 Å². The van der Waals surface area contributed by atoms with Crippen LogP contribution in [-0.4, -0.2) is 46.1 Å². The van der Waals surface area contributed by atoms with Crippen molar-refractivity contribution in [1.82, 2.24) is 5.32 Å². The molecule has 1 aromatic rings. The lowest BCUT2D eigenvalue weighted by molar-refractivity contribution is 0.00578. The van der Waals surface area contributed by atoms with Crippen LogP contribution in [0.3, 0.4) is 0 Å². The van der Waals surface area contributed by atoms with Gasteiger partial charge in [0.2, 0.25) is 0 Å². The molecule has 0 atom stereocenters. The Morgan fingerprint density at radius 1 is 1.08 bits per heavy atom. The zero-order chi connectivity index (χ0) is 18.0. The molecule has 1 aliphatic heterocycles. The van der Waals surface area contributed by atoms with Gasteiger partial charge in [0.15, 0.2) is 0 Å². The summed E-state index contributed by atoms with van der Waals surface area (Å²) in [7, 11) is 4.78. The molecule has 24 heavy (non-hydrogen) atoms. The van der Waals surface area contributed by atoms with E-state index < -0.39 is 7.12 Å². The Balaban J connectivity index is 2.44. The molecule has 0 radical (unpaired) electrons. The van der Waals surface area contributed by atoms with Crippen LogP contribution in [0.5, 0.6) is 11.5 Å². The van der Waals surface area contributed by atoms with E-state index in [1.165, 1.54) is 0 Å². The number of methoxy groups -OCH3 is 2. The molecule has 1 saturated heterocycles. The Labute approximate surface area is 145 Å². The third-order valence-electron chi connectivity index (χ3n) is 4.73. The van der Waals surface area contributed by atoms with E-state index >= 15 is 0 Å². The molecule has 1 fully saturated rings. The first-order valence-corrected chi connectivity index (χ1v) is 8.17. The summed E-state index contributed by atoms with van der Waals surface area (Å²) < 4.78 is 23.3. The van der Waals surface area contributed by atoms with Crippen LogP contribution in [0.2, 0.25) is 0 Å². The molecule has 1 N–H and O–H groups in total. The van der Waals surface area contributed by atoms with Gasteiger partial charge in [0.25, 0.3) is 0 Å². The van der Waals surface area contributed by atoms with Gasteiger partial charge in [-0.2, -0.15) is 0 Å². The number of ether oxygens (including phenoxy) is 2. The molecule has 0 bridgehead atoms. The van der Waals surface area contributed by atoms with Gasteiger partial charge in [-0.3, -0.25) is 0 Å². The topological polar surface area (TPSA) is 49.0 Å². The van der Waals surface area contributed by atoms with Gasteiger partial charge in [0.1, 0.15) is 11.5 Å². The predicted molar refractivity (Wildman–Crippen MR) is 97.5 cm³/mol. The maximum Gasteiger partial charge on any atom is 0.491 e. The van der Waals surface area contributed by atoms with Crippen molar-refractivity contribution in [1.29, 1.82) is 0 Å². The van der Waals surface area contributed by atoms with E-state index in [9.17, 15) is 0 Å². The molecular formula is C18H28BNO4. The predicted octanol–water partition coefficient (Wildman–Crippen LogP) is 2.94. The van der Waals surface area contributed by atoms with E-state index in [1.807, 2.05) is 59.0 Å². The van der Waals surface area contributed by atoms with Gasteiger partial charge in [0.05, 0.1) is 31.0 Å². The molecule has 2 rings (SSSR count). The number of nitrogens with one attached hydrogen (secondary N) is 1. The molecule has 0 unspecified atom stereocenters. The Morgan fingerprint density at radius 3 is 2.00 bits per heavy atom. The van der Waals surface area contributed by atoms with Crippen molar-refractivity contribution in [2.45, 2.75) is 38.9 Å². The first kappa shape index (κ1) is 18.8. The molecule has 0 saturated carbocycles. The molecular weight excluding hydrogens is 305 g/mol. The van der Waals surface area contributed by atoms with Crippen LogP contribution in [0, 0.1) is 0 Å². The lowest BCUT2D eigenvalue weighted by Gasteiger charge is -2.32. The molecule has 132 valence electrons. The van der Waals surface area contributed by atoms with Crippen LogP contribution in [-0.2, 0) is 9.31 Å². The number of rotatable bonds is 6. The van der Waals surface area contributed by atoms with Crippen molar-refractivity contribution in [2.75, 3.05) is 27.8 Å². The molecule has 0 spiro atoms. The van der Waals surface area contributed by atoms with E-state index in [-0.39, 0.29) is 11.2 Å². The largest absolute Gasteiger partial charge is 0.496 e. The van der Waals surface area contributed by atoms with Gasteiger partial charge in [-0.05, 0) is 52.3 Å². The standard InChI is InChI=1S/C18H28BNO4/c1-17(2)18(3,4)24-19(23-17)13(12-20-5)11-14-15(21-6)9-8-10-16(14)22-7/h8-11,20H,12H2,1-7H3. The average molecular weight is 333 g/mol. The van der Waals surface area contributed by atoms with Crippen molar-refractivity contribution in [3.8, 4) is 11.5 Å². The van der Waals surface area contributed by atoms with Crippen molar-refractivity contribution >= 4 is 13.2 Å². The molecule has 1 aromatic carbocycles. The Kier molecular flexibility index (Phi) is 5.63. The van der Waals surface area contributed by atoms with E-state index in [1.54, 1.807) is 14.2 Å². The number of hydrogen-bond acceptors (Lipinski definition) is 5. The van der Waals surface area contributed by atoms with Crippen molar-refractivity contribution in [3.05, 3.63) is 29.2 Å². The highest BCUT2D eigenvalue weighted by Gasteiger charge is 2.52. The van der Waals surface area contributed by atoms with Crippen LogP contribution in [0.4, 0.5) is 0 Å². The van der Waals surface area contributed by atoms with Crippen molar-refractivity contribution < 1.29 is 18.8 Å². The smallest absolute Gasteiger partial charge is 0.491 e. The normalized spacial score (nSPS) is 19.5. The minimum absolute atomic E-state index is 0.380. The summed E-state index contributed by atoms with van der Waals surface area (Å²) in [4.78, 5) is 0. The number of likely N-dealkylation sites (N-methyl/N-ethyl adjacent to an activating group) is 1. The first-order chi connectivity index (χ1) is 11.3. The zero-order valence-corrected chi connectivity index (χ0v) is 15.7. The van der Waals surface area contributed by atoms with E-state index in [4.69, 9.17) is 18.8 Å². The van der Waals surface area contributed by atoms with Gasteiger partial charge < -0.3 is 24.1 Å². The Hall–Kier alpha value is -1.50. The van der Waals surface area contributed by atoms with Gasteiger partial charge in [0, 0.05) is 6.54 Å². The fraction of sp³-hybridized carbons (Fsp3) is 0.556. The SMILES string of the molecule is CNCC(=Cc1c(OC)cccc1OC)B1OC(C)(C)C(C)(C)O1. The van der Waals surface area contributed by atoms with Gasteiger partial charge in [-0.1, -0.05) is 12.1 Å². The maximum absolute atomic E-state index is 6.19. The quantitative estimate of drug-likeness (QED) is 0.811. The van der Waals surface area contributed by atoms with Crippen molar-refractivity contribution in [3.63, 3.8) is 0 Å². The molecule has 0 aromatic heterocycles. The second-order valence-corrected chi connectivity index (χ2v) is 6.91. The highest BCUT2D eigenvalue weighted by atomic mass is 16.7. The second kappa shape index (κ2) is 7.17. The van der Waals surface area contributed by atoms with Crippen LogP contribution < -0.4 is 14.8 Å². The van der Waals surface area contributed by atoms with Crippen LogP contribution >= 0.6 is 0 Å². The fourth-order valence-corrected chi connectivity index (χ4v) is 2.61. The first-order valence-electron chi connectivity index (χ1n) is 8.17. The van der Waals surface area contributed by atoms with Crippen LogP contribution in [0.25, 0.3) is 6.08 Å². The third kappa shape index (κ3) is 3.61. The third-order valence-corrected chi connectivity index (χ3v) is 4.73. The van der Waals surface area contributed by atoms with Crippen LogP contribution in [0.15, 0.2) is 23.7 Å². The second-order valence-electron chi connectivity index (χ2n) is 6.91. The molecule has 0 amide bonds. The highest BCUT2D eigenvalue weighted by molar-refractivity contribution is 6.56. The number of hydrogen-bond donors (Lipinski definition) is 1. The molecule has 5 nitrogen and oxygen atoms in total. The summed E-state index contributed by atoms with van der Waals surface area (Å²) in [5, 5.41) is 3.18. The average Bonchev–Trinajstić information content (AvgIpc) is 2.75. The number of benzene rings is 1. The summed E-state index contributed by atoms with van der Waals surface area (Å²) >= 11 is 0. The minimum atomic E-state index is -0.419. The van der Waals surface area contributed by atoms with E-state index in [2.05, 4.69) is 5.32 Å². The fourth-order valence-electron chi connectivity index (χ4n) is 2.61. The molecule has 1 aliphatic rings. The minimum Gasteiger partial charge on any atom is -0.496 e. The summed E-state index contributed by atoms with van der Waals surface area (Å²) in [5.41, 5.74) is 1.10. The summed E-state index contributed by atoms with van der Waals surface area (Å²) in [6, 6.07) is 5.73. The van der Waals surface area contributed by atoms with Gasteiger partial charge >= 0.3 is 7.12 Å². The monoisotopic (exact) mass is 333 g/mol. The lowest BCUT2D eigenvalue weighted by Crippen LogP contribution is -2.41. The summed E-state index contributed by atoms with van der Waals surface area (Å²) in [5.74, 6) is 1.50. The van der Waals surface area contributed by atoms with Crippen LogP contribution in [0.1, 0.15) is 33.3 Å². The maximum atomic E-state index is 6.19. The molecule has 6 heteroatoms. The summed E-state index contributed by atoms with van der Waals surface area (Å²) in [6.07, 6.45) is 2.02. The Morgan fingerprint density at radius 2 is 1.58 bits per heavy atom. The van der Waals surface area contributed by atoms with Crippen molar-refractivity contribution in [2.24, 2.45) is 0 Å². The van der Waals surface area contributed by atoms with E-state index in [0.29, 0.717) is 6.54 Å². The summed E-state index contributed by atoms with van der Waals surface area (Å²) in [6.45, 7) is 8.83. The highest BCUT2D eigenvalue weighted by Crippen LogP contribution is 2.39. The van der Waals surface area contributed by atoms with Gasteiger partial charge in [-0.15, -0.1) is 0 Å². The zero-order valence-electron chi connectivity index (χ0n) is 15.7. The lowest BCUT2D eigenvalue weighted by atomic mass is 9.77. The Bertz CT molecular complexity index is 575.